The lowest BCUT2D eigenvalue weighted by molar-refractivity contribution is -0.297. The number of halogens is 1. The van der Waals surface area contributed by atoms with Crippen molar-refractivity contribution in [3.05, 3.63) is 0 Å². The van der Waals surface area contributed by atoms with E-state index < -0.39 is 6.17 Å². The molecule has 0 amide bonds. The molecule has 4 saturated carbocycles. The number of rotatable bonds is 0. The van der Waals surface area contributed by atoms with Gasteiger partial charge in [-0.25, -0.2) is 4.39 Å². The van der Waals surface area contributed by atoms with E-state index >= 15 is 0 Å². The monoisotopic (exact) mass is 212 g/mol. The van der Waals surface area contributed by atoms with Crippen LogP contribution in [0.3, 0.4) is 0 Å². The largest absolute Gasteiger partial charge is 0.347 e. The number of hydrogen-bond donors (Lipinski definition) is 0. The van der Waals surface area contributed by atoms with E-state index in [0.717, 1.165) is 38.9 Å². The molecule has 0 unspecified atom stereocenters. The zero-order valence-corrected chi connectivity index (χ0v) is 8.82. The minimum absolute atomic E-state index is 0.285. The van der Waals surface area contributed by atoms with E-state index in [1.165, 1.54) is 0 Å². The Bertz CT molecular complexity index is 253. The van der Waals surface area contributed by atoms with Gasteiger partial charge >= 0.3 is 0 Å². The van der Waals surface area contributed by atoms with E-state index in [1.807, 2.05) is 0 Å². The van der Waals surface area contributed by atoms with Crippen LogP contribution in [0.1, 0.15) is 25.7 Å². The van der Waals surface area contributed by atoms with Crippen LogP contribution >= 0.6 is 0 Å². The van der Waals surface area contributed by atoms with Crippen molar-refractivity contribution in [2.24, 2.45) is 23.7 Å². The fraction of sp³-hybridized carbons (Fsp3) is 1.00. The van der Waals surface area contributed by atoms with Gasteiger partial charge in [0.25, 0.3) is 0 Å². The zero-order valence-electron chi connectivity index (χ0n) is 8.82. The van der Waals surface area contributed by atoms with Crippen LogP contribution in [0.15, 0.2) is 0 Å². The molecule has 4 bridgehead atoms. The highest BCUT2D eigenvalue weighted by molar-refractivity contribution is 5.07. The molecule has 0 N–H and O–H groups in total. The molecule has 4 aliphatic carbocycles. The Morgan fingerprint density at radius 1 is 0.867 bits per heavy atom. The first kappa shape index (κ1) is 8.94. The normalized spacial score (nSPS) is 55.4. The van der Waals surface area contributed by atoms with Crippen molar-refractivity contribution in [2.45, 2.75) is 37.6 Å². The lowest BCUT2D eigenvalue weighted by atomic mass is 9.52. The van der Waals surface area contributed by atoms with Crippen molar-refractivity contribution in [1.29, 1.82) is 0 Å². The van der Waals surface area contributed by atoms with Gasteiger partial charge in [-0.05, 0) is 37.5 Å². The van der Waals surface area contributed by atoms with Gasteiger partial charge in [-0.2, -0.15) is 0 Å². The van der Waals surface area contributed by atoms with Gasteiger partial charge < -0.3 is 9.47 Å². The first-order chi connectivity index (χ1) is 7.29. The summed E-state index contributed by atoms with van der Waals surface area (Å²) < 4.78 is 25.7. The Balaban J connectivity index is 1.71. The molecular weight excluding hydrogens is 195 g/mol. The van der Waals surface area contributed by atoms with Crippen molar-refractivity contribution in [2.75, 3.05) is 13.2 Å². The smallest absolute Gasteiger partial charge is 0.174 e. The van der Waals surface area contributed by atoms with Gasteiger partial charge in [0.2, 0.25) is 0 Å². The standard InChI is InChI=1S/C12H17FO2/c13-11-7-3-9-5-8(11)6-10(4-7)12(9)14-1-2-15-12/h7-11H,1-6H2. The second-order valence-electron chi connectivity index (χ2n) is 5.72. The third kappa shape index (κ3) is 0.967. The van der Waals surface area contributed by atoms with Crippen LogP contribution in [-0.4, -0.2) is 25.2 Å². The van der Waals surface area contributed by atoms with E-state index in [0.29, 0.717) is 23.7 Å². The second kappa shape index (κ2) is 2.75. The maximum atomic E-state index is 13.9. The molecule has 0 aromatic rings. The molecule has 5 fully saturated rings. The van der Waals surface area contributed by atoms with Gasteiger partial charge in [-0.3, -0.25) is 0 Å². The van der Waals surface area contributed by atoms with E-state index in [2.05, 4.69) is 0 Å². The molecule has 0 aromatic heterocycles. The zero-order chi connectivity index (χ0) is 10.0. The Hall–Kier alpha value is -0.150. The molecule has 5 rings (SSSR count). The molecule has 0 atom stereocenters. The van der Waals surface area contributed by atoms with Crippen LogP contribution in [-0.2, 0) is 9.47 Å². The van der Waals surface area contributed by atoms with Crippen molar-refractivity contribution in [1.82, 2.24) is 0 Å². The summed E-state index contributed by atoms with van der Waals surface area (Å²) >= 11 is 0. The van der Waals surface area contributed by atoms with E-state index in [9.17, 15) is 4.39 Å². The predicted molar refractivity (Wildman–Crippen MR) is 52.0 cm³/mol. The van der Waals surface area contributed by atoms with Crippen molar-refractivity contribution >= 4 is 0 Å². The molecular formula is C12H17FO2. The summed E-state index contributed by atoms with van der Waals surface area (Å²) in [4.78, 5) is 0. The Morgan fingerprint density at radius 3 is 1.80 bits per heavy atom. The molecule has 1 saturated heterocycles. The third-order valence-corrected chi connectivity index (χ3v) is 5.13. The summed E-state index contributed by atoms with van der Waals surface area (Å²) in [5, 5.41) is 0. The Morgan fingerprint density at radius 2 is 1.33 bits per heavy atom. The summed E-state index contributed by atoms with van der Waals surface area (Å²) in [6, 6.07) is 0. The van der Waals surface area contributed by atoms with Crippen LogP contribution < -0.4 is 0 Å². The molecule has 0 radical (unpaired) electrons. The summed E-state index contributed by atoms with van der Waals surface area (Å²) in [5.41, 5.74) is 0. The first-order valence-corrected chi connectivity index (χ1v) is 6.21. The molecule has 1 spiro atoms. The molecule has 15 heavy (non-hydrogen) atoms. The lowest BCUT2D eigenvalue weighted by Gasteiger charge is -2.59. The maximum Gasteiger partial charge on any atom is 0.174 e. The fourth-order valence-electron chi connectivity index (χ4n) is 4.66. The molecule has 2 nitrogen and oxygen atoms in total. The highest BCUT2D eigenvalue weighted by Gasteiger charge is 2.63. The topological polar surface area (TPSA) is 18.5 Å². The molecule has 1 aliphatic heterocycles. The van der Waals surface area contributed by atoms with Crippen molar-refractivity contribution < 1.29 is 13.9 Å². The maximum absolute atomic E-state index is 13.9. The van der Waals surface area contributed by atoms with E-state index in [1.54, 1.807) is 0 Å². The van der Waals surface area contributed by atoms with Crippen LogP contribution in [0.2, 0.25) is 0 Å². The summed E-state index contributed by atoms with van der Waals surface area (Å²) in [7, 11) is 0. The minimum Gasteiger partial charge on any atom is -0.347 e. The summed E-state index contributed by atoms with van der Waals surface area (Å²) in [6.07, 6.45) is 3.45. The molecule has 3 heteroatoms. The molecule has 5 aliphatic rings. The number of alkyl halides is 1. The highest BCUT2D eigenvalue weighted by atomic mass is 19.1. The Kier molecular flexibility index (Phi) is 1.64. The quantitative estimate of drug-likeness (QED) is 0.612. The Labute approximate surface area is 89.1 Å². The summed E-state index contributed by atoms with van der Waals surface area (Å²) in [5.74, 6) is 1.30. The fourth-order valence-corrected chi connectivity index (χ4v) is 4.66. The average molecular weight is 212 g/mol. The van der Waals surface area contributed by atoms with E-state index in [4.69, 9.17) is 9.47 Å². The van der Waals surface area contributed by atoms with Gasteiger partial charge in [0.05, 0.1) is 13.2 Å². The van der Waals surface area contributed by atoms with Gasteiger partial charge in [0.1, 0.15) is 6.17 Å². The SMILES string of the molecule is FC1C2CC3CC1CC(C2)C31OCCO1. The van der Waals surface area contributed by atoms with Crippen LogP contribution in [0.5, 0.6) is 0 Å². The third-order valence-electron chi connectivity index (χ3n) is 5.13. The minimum atomic E-state index is -0.531. The molecule has 84 valence electrons. The van der Waals surface area contributed by atoms with Crippen LogP contribution in [0.25, 0.3) is 0 Å². The average Bonchev–Trinajstić information content (AvgIpc) is 2.66. The molecule has 0 aromatic carbocycles. The molecule has 1 heterocycles. The van der Waals surface area contributed by atoms with Crippen molar-refractivity contribution in [3.8, 4) is 0 Å². The van der Waals surface area contributed by atoms with Crippen molar-refractivity contribution in [3.63, 3.8) is 0 Å². The summed E-state index contributed by atoms with van der Waals surface area (Å²) in [6.45, 7) is 1.47. The number of ether oxygens (including phenoxy) is 2. The van der Waals surface area contributed by atoms with Gasteiger partial charge in [-0.15, -0.1) is 0 Å². The first-order valence-electron chi connectivity index (χ1n) is 6.21. The van der Waals surface area contributed by atoms with E-state index in [-0.39, 0.29) is 5.79 Å². The van der Waals surface area contributed by atoms with Crippen LogP contribution in [0.4, 0.5) is 4.39 Å². The van der Waals surface area contributed by atoms with Gasteiger partial charge in [0, 0.05) is 11.8 Å². The second-order valence-corrected chi connectivity index (χ2v) is 5.72. The van der Waals surface area contributed by atoms with Gasteiger partial charge in [-0.1, -0.05) is 0 Å². The predicted octanol–water partition coefficient (Wildman–Crippen LogP) is 2.13. The highest BCUT2D eigenvalue weighted by Crippen LogP contribution is 2.61. The lowest BCUT2D eigenvalue weighted by Crippen LogP contribution is -2.61. The van der Waals surface area contributed by atoms with Crippen LogP contribution in [0, 0.1) is 23.7 Å². The number of hydrogen-bond acceptors (Lipinski definition) is 2. The van der Waals surface area contributed by atoms with Gasteiger partial charge in [0.15, 0.2) is 5.79 Å².